The standard InChI is InChI=1S/C23H14N.C6H5NO2.Ir/c1-2-6-16(7-3-1)18-9-4-10-19(14-18)22-15-20-13-12-17-8-5-11-21(24-22)23(17)20;8-6(9)5-3-1-2-4-7-5;/h1-9,11-15H;1-4H,(H,8,9);/q-1;;. The molecule has 5 aromatic rings. The Kier molecular flexibility index (Phi) is 7.07. The van der Waals surface area contributed by atoms with E-state index in [9.17, 15) is 4.79 Å². The van der Waals surface area contributed by atoms with Crippen LogP contribution in [0.25, 0.3) is 45.4 Å². The monoisotopic (exact) mass is 620 g/mol. The molecule has 6 rings (SSSR count). The number of carboxylic acids is 1. The molecular weight excluding hydrogens is 601 g/mol. The van der Waals surface area contributed by atoms with Crippen molar-refractivity contribution in [1.29, 1.82) is 0 Å². The molecule has 0 saturated carbocycles. The Balaban J connectivity index is 0.000000234. The number of aromatic nitrogens is 2. The van der Waals surface area contributed by atoms with Crippen LogP contribution in [0.4, 0.5) is 0 Å². The van der Waals surface area contributed by atoms with Gasteiger partial charge in [0.15, 0.2) is 0 Å². The Morgan fingerprint density at radius 2 is 1.59 bits per heavy atom. The molecule has 4 nitrogen and oxygen atoms in total. The van der Waals surface area contributed by atoms with Crippen molar-refractivity contribution >= 4 is 29.0 Å². The van der Waals surface area contributed by atoms with Gasteiger partial charge < -0.3 is 5.11 Å². The molecule has 167 valence electrons. The largest absolute Gasteiger partial charge is 0.477 e. The molecule has 0 spiro atoms. The number of rotatable bonds is 3. The Morgan fingerprint density at radius 3 is 2.32 bits per heavy atom. The van der Waals surface area contributed by atoms with Gasteiger partial charge in [0, 0.05) is 31.7 Å². The van der Waals surface area contributed by atoms with Gasteiger partial charge in [-0.1, -0.05) is 66.7 Å². The smallest absolute Gasteiger partial charge is 0.354 e. The molecule has 1 radical (unpaired) electrons. The maximum atomic E-state index is 10.1. The summed E-state index contributed by atoms with van der Waals surface area (Å²) in [6.45, 7) is 0. The second-order valence-corrected chi connectivity index (χ2v) is 7.55. The normalized spacial score (nSPS) is 10.8. The van der Waals surface area contributed by atoms with Crippen molar-refractivity contribution in [2.45, 2.75) is 0 Å². The van der Waals surface area contributed by atoms with Gasteiger partial charge in [0.05, 0.1) is 5.52 Å². The Hall–Kier alpha value is -3.92. The van der Waals surface area contributed by atoms with E-state index in [1.165, 1.54) is 39.9 Å². The first-order chi connectivity index (χ1) is 16.2. The predicted molar refractivity (Wildman–Crippen MR) is 132 cm³/mol. The number of aromatic carboxylic acids is 1. The van der Waals surface area contributed by atoms with Gasteiger partial charge in [0.1, 0.15) is 5.69 Å². The van der Waals surface area contributed by atoms with E-state index in [2.05, 4.69) is 83.9 Å². The summed E-state index contributed by atoms with van der Waals surface area (Å²) in [7, 11) is 0. The van der Waals surface area contributed by atoms with Gasteiger partial charge in [-0.25, -0.2) is 9.78 Å². The van der Waals surface area contributed by atoms with Crippen molar-refractivity contribution in [2.75, 3.05) is 0 Å². The summed E-state index contributed by atoms with van der Waals surface area (Å²) in [6, 6.07) is 33.2. The van der Waals surface area contributed by atoms with E-state index < -0.39 is 5.97 Å². The summed E-state index contributed by atoms with van der Waals surface area (Å²) in [5, 5.41) is 9.57. The van der Waals surface area contributed by atoms with Crippen LogP contribution in [0.2, 0.25) is 0 Å². The molecule has 1 aliphatic rings. The third kappa shape index (κ3) is 4.86. The SMILES string of the molecule is O=C(O)c1ccccn1.[Ir].[c-]1ccc(-c2ccccc2)cc1-c1cc2c3c(cccc3n1)C=C2. The summed E-state index contributed by atoms with van der Waals surface area (Å²) in [6.07, 6.45) is 5.78. The van der Waals surface area contributed by atoms with Crippen LogP contribution < -0.4 is 0 Å². The van der Waals surface area contributed by atoms with E-state index in [0.29, 0.717) is 0 Å². The molecule has 0 amide bonds. The first-order valence-electron chi connectivity index (χ1n) is 10.5. The average molecular weight is 620 g/mol. The molecule has 2 aromatic heterocycles. The van der Waals surface area contributed by atoms with Crippen LogP contribution in [0.5, 0.6) is 0 Å². The molecule has 0 aliphatic heterocycles. The van der Waals surface area contributed by atoms with Crippen molar-refractivity contribution in [3.63, 3.8) is 0 Å². The van der Waals surface area contributed by atoms with Gasteiger partial charge in [-0.05, 0) is 40.6 Å². The molecule has 0 atom stereocenters. The quantitative estimate of drug-likeness (QED) is 0.226. The number of pyridine rings is 2. The van der Waals surface area contributed by atoms with E-state index in [1.807, 2.05) is 12.1 Å². The van der Waals surface area contributed by atoms with Crippen LogP contribution in [0.3, 0.4) is 0 Å². The van der Waals surface area contributed by atoms with Crippen molar-refractivity contribution in [3.8, 4) is 22.4 Å². The van der Waals surface area contributed by atoms with E-state index in [0.717, 1.165) is 16.8 Å². The number of carboxylic acid groups (broad SMARTS) is 1. The van der Waals surface area contributed by atoms with Gasteiger partial charge >= 0.3 is 5.97 Å². The fraction of sp³-hybridized carbons (Fsp3) is 0. The predicted octanol–water partition coefficient (Wildman–Crippen LogP) is 6.63. The third-order valence-corrected chi connectivity index (χ3v) is 5.41. The molecule has 1 N–H and O–H groups in total. The minimum absolute atomic E-state index is 0. The van der Waals surface area contributed by atoms with Crippen LogP contribution in [0.15, 0.2) is 97.2 Å². The van der Waals surface area contributed by atoms with Gasteiger partial charge in [0.25, 0.3) is 0 Å². The summed E-state index contributed by atoms with van der Waals surface area (Å²) in [5.74, 6) is -0.990. The fourth-order valence-corrected chi connectivity index (χ4v) is 3.85. The fourth-order valence-electron chi connectivity index (χ4n) is 3.85. The molecule has 5 heteroatoms. The minimum atomic E-state index is -0.990. The maximum Gasteiger partial charge on any atom is 0.354 e. The Labute approximate surface area is 211 Å². The third-order valence-electron chi connectivity index (χ3n) is 5.41. The Bertz CT molecular complexity index is 1480. The summed E-state index contributed by atoms with van der Waals surface area (Å²) < 4.78 is 0. The van der Waals surface area contributed by atoms with Crippen LogP contribution in [0.1, 0.15) is 21.6 Å². The first kappa shape index (κ1) is 23.2. The maximum absolute atomic E-state index is 10.1. The molecule has 2 heterocycles. The van der Waals surface area contributed by atoms with E-state index in [4.69, 9.17) is 10.1 Å². The van der Waals surface area contributed by atoms with E-state index in [1.54, 1.807) is 12.1 Å². The molecule has 0 unspecified atom stereocenters. The van der Waals surface area contributed by atoms with Crippen molar-refractivity contribution in [2.24, 2.45) is 0 Å². The molecule has 3 aromatic carbocycles. The van der Waals surface area contributed by atoms with Gasteiger partial charge in [-0.15, -0.1) is 35.4 Å². The average Bonchev–Trinajstić information content (AvgIpc) is 3.30. The molecule has 0 saturated heterocycles. The summed E-state index contributed by atoms with van der Waals surface area (Å²) in [4.78, 5) is 18.6. The second kappa shape index (κ2) is 10.3. The zero-order chi connectivity index (χ0) is 22.6. The summed E-state index contributed by atoms with van der Waals surface area (Å²) >= 11 is 0. The van der Waals surface area contributed by atoms with E-state index >= 15 is 0 Å². The number of carbonyl (C=O) groups is 1. The zero-order valence-corrected chi connectivity index (χ0v) is 20.4. The summed E-state index contributed by atoms with van der Waals surface area (Å²) in [5.41, 5.74) is 8.01. The van der Waals surface area contributed by atoms with Crippen LogP contribution >= 0.6 is 0 Å². The molecule has 0 fully saturated rings. The molecular formula is C29H19IrN2O2-. The molecule has 34 heavy (non-hydrogen) atoms. The number of benzene rings is 3. The molecule has 1 aliphatic carbocycles. The van der Waals surface area contributed by atoms with Crippen LogP contribution in [-0.2, 0) is 20.1 Å². The molecule has 0 bridgehead atoms. The van der Waals surface area contributed by atoms with Crippen molar-refractivity contribution in [3.05, 3.63) is 120 Å². The number of nitrogens with zero attached hydrogens (tertiary/aromatic N) is 2. The minimum Gasteiger partial charge on any atom is -0.477 e. The van der Waals surface area contributed by atoms with E-state index in [-0.39, 0.29) is 25.8 Å². The van der Waals surface area contributed by atoms with Gasteiger partial charge in [0.2, 0.25) is 0 Å². The number of hydrogen-bond donors (Lipinski definition) is 1. The first-order valence-corrected chi connectivity index (χ1v) is 10.5. The van der Waals surface area contributed by atoms with Crippen LogP contribution in [0, 0.1) is 6.07 Å². The van der Waals surface area contributed by atoms with Crippen LogP contribution in [-0.4, -0.2) is 21.0 Å². The van der Waals surface area contributed by atoms with Crippen molar-refractivity contribution < 1.29 is 30.0 Å². The second-order valence-electron chi connectivity index (χ2n) is 7.55. The topological polar surface area (TPSA) is 63.1 Å². The Morgan fingerprint density at radius 1 is 0.794 bits per heavy atom. The van der Waals surface area contributed by atoms with Gasteiger partial charge in [-0.3, -0.25) is 4.98 Å². The van der Waals surface area contributed by atoms with Crippen molar-refractivity contribution in [1.82, 2.24) is 9.97 Å². The number of hydrogen-bond acceptors (Lipinski definition) is 3. The zero-order valence-electron chi connectivity index (χ0n) is 18.0. The van der Waals surface area contributed by atoms with Gasteiger partial charge in [-0.2, -0.15) is 0 Å².